The zero-order valence-corrected chi connectivity index (χ0v) is 17.8. The van der Waals surface area contributed by atoms with Gasteiger partial charge in [0, 0.05) is 29.1 Å². The second-order valence-electron chi connectivity index (χ2n) is 7.52. The average molecular weight is 472 g/mol. The van der Waals surface area contributed by atoms with Crippen LogP contribution in [0.1, 0.15) is 41.1 Å². The van der Waals surface area contributed by atoms with E-state index in [-0.39, 0.29) is 33.4 Å². The Kier molecular flexibility index (Phi) is 5.55. The molecule has 0 spiro atoms. The van der Waals surface area contributed by atoms with Crippen molar-refractivity contribution in [3.05, 3.63) is 68.7 Å². The molecule has 164 valence electrons. The molecular weight excluding hydrogens is 454 g/mol. The summed E-state index contributed by atoms with van der Waals surface area (Å²) < 4.78 is 42.4. The van der Waals surface area contributed by atoms with E-state index in [1.165, 1.54) is 25.2 Å². The molecule has 2 N–H and O–H groups in total. The first-order valence-electron chi connectivity index (χ1n) is 9.53. The molecule has 1 aliphatic carbocycles. The number of amides is 2. The average Bonchev–Trinajstić information content (AvgIpc) is 3.32. The summed E-state index contributed by atoms with van der Waals surface area (Å²) in [5, 5.41) is 9.33. The summed E-state index contributed by atoms with van der Waals surface area (Å²) in [6.07, 6.45) is -3.85. The van der Waals surface area contributed by atoms with Crippen LogP contribution in [0.4, 0.5) is 18.0 Å². The number of oxime groups is 1. The molecule has 2 aliphatic rings. The predicted octanol–water partition coefficient (Wildman–Crippen LogP) is 5.49. The lowest BCUT2D eigenvalue weighted by Gasteiger charge is -2.29. The Labute approximate surface area is 186 Å². The largest absolute Gasteiger partial charge is 0.435 e. The van der Waals surface area contributed by atoms with Crippen LogP contribution in [0.15, 0.2) is 41.6 Å². The van der Waals surface area contributed by atoms with Crippen LogP contribution < -0.4 is 10.6 Å². The first-order chi connectivity index (χ1) is 14.6. The van der Waals surface area contributed by atoms with E-state index in [0.29, 0.717) is 18.4 Å². The fourth-order valence-electron chi connectivity index (χ4n) is 4.02. The summed E-state index contributed by atoms with van der Waals surface area (Å²) >= 11 is 11.9. The van der Waals surface area contributed by atoms with Crippen LogP contribution in [-0.4, -0.2) is 25.0 Å². The van der Waals surface area contributed by atoms with Crippen LogP contribution in [0.2, 0.25) is 10.0 Å². The second kappa shape index (κ2) is 7.91. The van der Waals surface area contributed by atoms with E-state index in [4.69, 9.17) is 28.0 Å². The van der Waals surface area contributed by atoms with Crippen molar-refractivity contribution in [3.63, 3.8) is 0 Å². The molecule has 2 aromatic carbocycles. The maximum absolute atomic E-state index is 14.1. The number of urea groups is 1. The molecule has 2 amide bonds. The summed E-state index contributed by atoms with van der Waals surface area (Å²) in [6.45, 7) is 0. The lowest BCUT2D eigenvalue weighted by Crippen LogP contribution is -2.42. The quantitative estimate of drug-likeness (QED) is 0.621. The lowest BCUT2D eigenvalue weighted by molar-refractivity contribution is -0.275. The Morgan fingerprint density at radius 3 is 2.55 bits per heavy atom. The van der Waals surface area contributed by atoms with Crippen LogP contribution in [0.5, 0.6) is 0 Å². The first-order valence-corrected chi connectivity index (χ1v) is 10.3. The number of carbonyl (C=O) groups is 1. The molecule has 0 aromatic heterocycles. The highest BCUT2D eigenvalue weighted by molar-refractivity contribution is 6.34. The van der Waals surface area contributed by atoms with Crippen LogP contribution in [0.3, 0.4) is 0 Å². The topological polar surface area (TPSA) is 62.7 Å². The minimum Gasteiger partial charge on any atom is -0.374 e. The SMILES string of the molecule is CNC(=O)NC1CCc2cc(C3=NOC(c4cc(Cl)cc(Cl)c4)(C(F)(F)F)C3)ccc21. The molecule has 2 atom stereocenters. The Morgan fingerprint density at radius 1 is 1.19 bits per heavy atom. The molecule has 0 bridgehead atoms. The molecule has 0 saturated heterocycles. The smallest absolute Gasteiger partial charge is 0.374 e. The fraction of sp³-hybridized carbons (Fsp3) is 0.333. The molecule has 2 unspecified atom stereocenters. The van der Waals surface area contributed by atoms with Crippen LogP contribution in [-0.2, 0) is 16.9 Å². The number of nitrogens with one attached hydrogen (secondary N) is 2. The van der Waals surface area contributed by atoms with Gasteiger partial charge in [0.1, 0.15) is 0 Å². The highest BCUT2D eigenvalue weighted by Gasteiger charge is 2.62. The second-order valence-corrected chi connectivity index (χ2v) is 8.39. The van der Waals surface area contributed by atoms with Gasteiger partial charge in [0.05, 0.1) is 11.8 Å². The van der Waals surface area contributed by atoms with Crippen LogP contribution in [0.25, 0.3) is 0 Å². The maximum Gasteiger partial charge on any atom is 0.435 e. The molecule has 4 rings (SSSR count). The lowest BCUT2D eigenvalue weighted by atomic mass is 9.86. The molecule has 1 heterocycles. The van der Waals surface area contributed by atoms with Gasteiger partial charge in [-0.3, -0.25) is 0 Å². The zero-order chi connectivity index (χ0) is 22.4. The van der Waals surface area contributed by atoms with Gasteiger partial charge in [0.25, 0.3) is 5.60 Å². The Bertz CT molecular complexity index is 1050. The van der Waals surface area contributed by atoms with Gasteiger partial charge in [-0.25, -0.2) is 4.79 Å². The minimum absolute atomic E-state index is 0.0790. The maximum atomic E-state index is 14.1. The number of nitrogens with zero attached hydrogens (tertiary/aromatic N) is 1. The highest BCUT2D eigenvalue weighted by atomic mass is 35.5. The van der Waals surface area contributed by atoms with Crippen molar-refractivity contribution in [2.45, 2.75) is 37.1 Å². The monoisotopic (exact) mass is 471 g/mol. The Hall–Kier alpha value is -2.45. The van der Waals surface area contributed by atoms with Crippen molar-refractivity contribution in [3.8, 4) is 0 Å². The minimum atomic E-state index is -4.74. The molecule has 1 aliphatic heterocycles. The first kappa shape index (κ1) is 21.8. The zero-order valence-electron chi connectivity index (χ0n) is 16.3. The third-order valence-electron chi connectivity index (χ3n) is 5.60. The van der Waals surface area contributed by atoms with E-state index in [2.05, 4.69) is 15.8 Å². The number of benzene rings is 2. The number of carbonyl (C=O) groups excluding carboxylic acids is 1. The molecule has 0 fully saturated rings. The van der Waals surface area contributed by atoms with Gasteiger partial charge < -0.3 is 15.5 Å². The molecule has 0 radical (unpaired) electrons. The van der Waals surface area contributed by atoms with Crippen molar-refractivity contribution in [1.29, 1.82) is 0 Å². The number of hydrogen-bond acceptors (Lipinski definition) is 3. The van der Waals surface area contributed by atoms with E-state index < -0.39 is 18.2 Å². The van der Waals surface area contributed by atoms with Crippen molar-refractivity contribution in [2.75, 3.05) is 7.05 Å². The molecule has 0 saturated carbocycles. The van der Waals surface area contributed by atoms with Gasteiger partial charge >= 0.3 is 12.2 Å². The van der Waals surface area contributed by atoms with Gasteiger partial charge in [-0.05, 0) is 53.8 Å². The standard InChI is InChI=1S/C21H18Cl2F3N3O2/c1-27-19(30)28-17-5-3-11-6-12(2-4-16(11)17)18-10-20(31-29-18,21(24,25)26)13-7-14(22)9-15(23)8-13/h2,4,6-9,17H,3,5,10H2,1H3,(H2,27,28,30). The third kappa shape index (κ3) is 3.94. The summed E-state index contributed by atoms with van der Waals surface area (Å²) in [7, 11) is 1.53. The highest BCUT2D eigenvalue weighted by Crippen LogP contribution is 2.50. The number of alkyl halides is 3. The normalized spacial score (nSPS) is 22.5. The predicted molar refractivity (Wildman–Crippen MR) is 112 cm³/mol. The van der Waals surface area contributed by atoms with Gasteiger partial charge in [-0.1, -0.05) is 40.5 Å². The summed E-state index contributed by atoms with van der Waals surface area (Å²) in [5.74, 6) is 0. The third-order valence-corrected chi connectivity index (χ3v) is 6.04. The molecule has 10 heteroatoms. The van der Waals surface area contributed by atoms with Gasteiger partial charge in [-0.15, -0.1) is 0 Å². The van der Waals surface area contributed by atoms with Gasteiger partial charge in [-0.2, -0.15) is 13.2 Å². The van der Waals surface area contributed by atoms with E-state index in [1.807, 2.05) is 6.07 Å². The summed E-state index contributed by atoms with van der Waals surface area (Å²) in [4.78, 5) is 16.7. The van der Waals surface area contributed by atoms with Gasteiger partial charge in [0.15, 0.2) is 0 Å². The van der Waals surface area contributed by atoms with Crippen molar-refractivity contribution >= 4 is 34.9 Å². The number of hydrogen-bond donors (Lipinski definition) is 2. The molecular formula is C21H18Cl2F3N3O2. The van der Waals surface area contributed by atoms with Crippen LogP contribution in [0, 0.1) is 0 Å². The number of fused-ring (bicyclic) bond motifs is 1. The van der Waals surface area contributed by atoms with Gasteiger partial charge in [0.2, 0.25) is 0 Å². The number of halogens is 5. The fourth-order valence-corrected chi connectivity index (χ4v) is 4.55. The van der Waals surface area contributed by atoms with Crippen LogP contribution >= 0.6 is 23.2 Å². The van der Waals surface area contributed by atoms with Crippen molar-refractivity contribution in [2.24, 2.45) is 5.16 Å². The summed E-state index contributed by atoms with van der Waals surface area (Å²) in [6, 6.07) is 8.62. The molecule has 31 heavy (non-hydrogen) atoms. The van der Waals surface area contributed by atoms with E-state index in [1.54, 1.807) is 12.1 Å². The van der Waals surface area contributed by atoms with E-state index >= 15 is 0 Å². The Balaban J connectivity index is 1.63. The number of aryl methyl sites for hydroxylation is 1. The molecule has 5 nitrogen and oxygen atoms in total. The molecule has 2 aromatic rings. The van der Waals surface area contributed by atoms with Crippen molar-refractivity contribution in [1.82, 2.24) is 10.6 Å². The number of rotatable bonds is 3. The van der Waals surface area contributed by atoms with E-state index in [9.17, 15) is 18.0 Å². The van der Waals surface area contributed by atoms with E-state index in [0.717, 1.165) is 11.1 Å². The summed E-state index contributed by atoms with van der Waals surface area (Å²) in [5.41, 5.74) is -0.253. The Morgan fingerprint density at radius 2 is 1.90 bits per heavy atom. The van der Waals surface area contributed by atoms with Crippen molar-refractivity contribution < 1.29 is 22.8 Å².